The zero-order valence-electron chi connectivity index (χ0n) is 11.3. The van der Waals surface area contributed by atoms with Gasteiger partial charge in [-0.05, 0) is 24.6 Å². The molecule has 1 unspecified atom stereocenters. The Morgan fingerprint density at radius 3 is 2.62 bits per heavy atom. The number of aliphatic carboxylic acids is 1. The van der Waals surface area contributed by atoms with Gasteiger partial charge in [-0.15, -0.1) is 5.10 Å². The van der Waals surface area contributed by atoms with Crippen LogP contribution in [-0.2, 0) is 4.79 Å². The minimum atomic E-state index is -0.783. The first-order valence-corrected chi connectivity index (χ1v) is 6.79. The first-order chi connectivity index (χ1) is 10.1. The molecular weight excluding hydrogens is 270 g/mol. The Hall–Kier alpha value is -2.63. The molecule has 3 rings (SSSR count). The predicted molar refractivity (Wildman–Crippen MR) is 77.8 cm³/mol. The normalized spacial score (nSPS) is 17.9. The number of nitrogens with zero attached hydrogens (tertiary/aromatic N) is 3. The van der Waals surface area contributed by atoms with Crippen LogP contribution in [-0.4, -0.2) is 33.9 Å². The van der Waals surface area contributed by atoms with Crippen LogP contribution < -0.4 is 10.5 Å². The van der Waals surface area contributed by atoms with Crippen molar-refractivity contribution in [3.63, 3.8) is 0 Å². The average molecular weight is 285 g/mol. The highest BCUT2D eigenvalue weighted by molar-refractivity contribution is 5.71. The molecular formula is C15H15N3O3. The largest absolute Gasteiger partial charge is 0.481 e. The molecule has 0 aliphatic carbocycles. The Bertz CT molecular complexity index is 712. The van der Waals surface area contributed by atoms with Crippen molar-refractivity contribution in [2.24, 2.45) is 5.92 Å². The molecule has 1 aliphatic rings. The number of hydrogen-bond acceptors (Lipinski definition) is 4. The van der Waals surface area contributed by atoms with E-state index in [0.29, 0.717) is 31.0 Å². The van der Waals surface area contributed by atoms with Gasteiger partial charge in [0, 0.05) is 19.2 Å². The summed E-state index contributed by atoms with van der Waals surface area (Å²) in [5.74, 6) is -0.528. The third-order valence-corrected chi connectivity index (χ3v) is 3.65. The van der Waals surface area contributed by atoms with Crippen molar-refractivity contribution in [2.75, 3.05) is 18.0 Å². The summed E-state index contributed by atoms with van der Waals surface area (Å²) in [6.45, 7) is 1.06. The van der Waals surface area contributed by atoms with Crippen LogP contribution >= 0.6 is 0 Å². The van der Waals surface area contributed by atoms with Crippen molar-refractivity contribution >= 4 is 11.8 Å². The summed E-state index contributed by atoms with van der Waals surface area (Å²) in [7, 11) is 0. The summed E-state index contributed by atoms with van der Waals surface area (Å²) in [4.78, 5) is 24.9. The van der Waals surface area contributed by atoms with Crippen molar-refractivity contribution in [3.05, 3.63) is 52.8 Å². The van der Waals surface area contributed by atoms with E-state index in [1.165, 1.54) is 10.7 Å². The fraction of sp³-hybridized carbons (Fsp3) is 0.267. The molecule has 0 saturated carbocycles. The van der Waals surface area contributed by atoms with E-state index in [1.54, 1.807) is 6.07 Å². The van der Waals surface area contributed by atoms with E-state index in [2.05, 4.69) is 5.10 Å². The Morgan fingerprint density at radius 2 is 1.95 bits per heavy atom. The van der Waals surface area contributed by atoms with Gasteiger partial charge in [-0.1, -0.05) is 18.2 Å². The maximum Gasteiger partial charge on any atom is 0.308 e. The van der Waals surface area contributed by atoms with Crippen LogP contribution in [0.15, 0.2) is 47.3 Å². The Labute approximate surface area is 121 Å². The molecule has 108 valence electrons. The zero-order valence-corrected chi connectivity index (χ0v) is 11.3. The molecule has 1 saturated heterocycles. The number of carbonyl (C=O) groups is 1. The predicted octanol–water partition coefficient (Wildman–Crippen LogP) is 1.14. The van der Waals surface area contributed by atoms with E-state index in [9.17, 15) is 9.59 Å². The topological polar surface area (TPSA) is 75.4 Å². The highest BCUT2D eigenvalue weighted by Gasteiger charge is 2.29. The molecule has 1 aromatic carbocycles. The number of carboxylic acids is 1. The van der Waals surface area contributed by atoms with Gasteiger partial charge in [0.15, 0.2) is 0 Å². The third kappa shape index (κ3) is 2.65. The Kier molecular flexibility index (Phi) is 3.43. The second-order valence-corrected chi connectivity index (χ2v) is 5.05. The molecule has 0 radical (unpaired) electrons. The molecule has 6 nitrogen and oxygen atoms in total. The fourth-order valence-corrected chi connectivity index (χ4v) is 2.49. The molecule has 6 heteroatoms. The molecule has 1 aromatic heterocycles. The van der Waals surface area contributed by atoms with E-state index in [0.717, 1.165) is 0 Å². The number of aromatic nitrogens is 2. The number of anilines is 1. The van der Waals surface area contributed by atoms with Crippen LogP contribution in [0, 0.1) is 5.92 Å². The molecule has 0 spiro atoms. The van der Waals surface area contributed by atoms with Crippen molar-refractivity contribution in [1.29, 1.82) is 0 Å². The number of rotatable bonds is 3. The standard InChI is InChI=1S/C15H15N3O3/c19-14-7-6-13(17-9-8-11(10-17)15(20)21)16-18(14)12-4-2-1-3-5-12/h1-7,11H,8-10H2,(H,20,21). The molecule has 1 atom stereocenters. The Balaban J connectivity index is 1.92. The van der Waals surface area contributed by atoms with E-state index in [1.807, 2.05) is 35.2 Å². The van der Waals surface area contributed by atoms with Gasteiger partial charge >= 0.3 is 5.97 Å². The van der Waals surface area contributed by atoms with Gasteiger partial charge in [-0.3, -0.25) is 9.59 Å². The van der Waals surface area contributed by atoms with Crippen LogP contribution in [0.25, 0.3) is 5.69 Å². The zero-order chi connectivity index (χ0) is 14.8. The van der Waals surface area contributed by atoms with Gasteiger partial charge in [-0.25, -0.2) is 0 Å². The summed E-state index contributed by atoms with van der Waals surface area (Å²) in [5.41, 5.74) is 0.484. The van der Waals surface area contributed by atoms with Gasteiger partial charge in [0.2, 0.25) is 0 Å². The molecule has 2 heterocycles. The van der Waals surface area contributed by atoms with E-state index in [-0.39, 0.29) is 11.5 Å². The molecule has 1 aliphatic heterocycles. The van der Waals surface area contributed by atoms with Crippen molar-refractivity contribution in [2.45, 2.75) is 6.42 Å². The van der Waals surface area contributed by atoms with Gasteiger partial charge in [-0.2, -0.15) is 4.68 Å². The summed E-state index contributed by atoms with van der Waals surface area (Å²) in [6, 6.07) is 12.3. The lowest BCUT2D eigenvalue weighted by molar-refractivity contribution is -0.140. The number of para-hydroxylation sites is 1. The first-order valence-electron chi connectivity index (χ1n) is 6.79. The van der Waals surface area contributed by atoms with Crippen molar-refractivity contribution in [1.82, 2.24) is 9.78 Å². The van der Waals surface area contributed by atoms with Gasteiger partial charge in [0.1, 0.15) is 5.82 Å². The lowest BCUT2D eigenvalue weighted by Gasteiger charge is -2.17. The molecule has 1 N–H and O–H groups in total. The number of carboxylic acid groups (broad SMARTS) is 1. The van der Waals surface area contributed by atoms with Gasteiger partial charge in [0.05, 0.1) is 11.6 Å². The molecule has 2 aromatic rings. The number of benzene rings is 1. The summed E-state index contributed by atoms with van der Waals surface area (Å²) in [6.07, 6.45) is 0.599. The molecule has 0 amide bonds. The summed E-state index contributed by atoms with van der Waals surface area (Å²) >= 11 is 0. The van der Waals surface area contributed by atoms with E-state index >= 15 is 0 Å². The van der Waals surface area contributed by atoms with Crippen molar-refractivity contribution in [3.8, 4) is 5.69 Å². The van der Waals surface area contributed by atoms with Crippen LogP contribution in [0.2, 0.25) is 0 Å². The molecule has 1 fully saturated rings. The molecule has 21 heavy (non-hydrogen) atoms. The Morgan fingerprint density at radius 1 is 1.19 bits per heavy atom. The maximum absolute atomic E-state index is 11.9. The minimum absolute atomic E-state index is 0.209. The second kappa shape index (κ2) is 5.40. The molecule has 0 bridgehead atoms. The first kappa shape index (κ1) is 13.4. The van der Waals surface area contributed by atoms with Gasteiger partial charge < -0.3 is 10.0 Å². The second-order valence-electron chi connectivity index (χ2n) is 5.05. The highest BCUT2D eigenvalue weighted by atomic mass is 16.4. The minimum Gasteiger partial charge on any atom is -0.481 e. The maximum atomic E-state index is 11.9. The van der Waals surface area contributed by atoms with Crippen LogP contribution in [0.5, 0.6) is 0 Å². The van der Waals surface area contributed by atoms with Crippen molar-refractivity contribution < 1.29 is 9.90 Å². The highest BCUT2D eigenvalue weighted by Crippen LogP contribution is 2.21. The third-order valence-electron chi connectivity index (χ3n) is 3.65. The number of hydrogen-bond donors (Lipinski definition) is 1. The summed E-state index contributed by atoms with van der Waals surface area (Å²) < 4.78 is 1.34. The fourth-order valence-electron chi connectivity index (χ4n) is 2.49. The SMILES string of the molecule is O=C(O)C1CCN(c2ccc(=O)n(-c3ccccc3)n2)C1. The summed E-state index contributed by atoms with van der Waals surface area (Å²) in [5, 5.41) is 13.4. The van der Waals surface area contributed by atoms with Crippen LogP contribution in [0.1, 0.15) is 6.42 Å². The quantitative estimate of drug-likeness (QED) is 0.915. The van der Waals surface area contributed by atoms with Crippen LogP contribution in [0.4, 0.5) is 5.82 Å². The average Bonchev–Trinajstić information content (AvgIpc) is 2.99. The van der Waals surface area contributed by atoms with E-state index in [4.69, 9.17) is 5.11 Å². The van der Waals surface area contributed by atoms with E-state index < -0.39 is 5.97 Å². The lowest BCUT2D eigenvalue weighted by atomic mass is 10.1. The van der Waals surface area contributed by atoms with Gasteiger partial charge in [0.25, 0.3) is 5.56 Å². The monoisotopic (exact) mass is 285 g/mol. The lowest BCUT2D eigenvalue weighted by Crippen LogP contribution is -2.27. The smallest absolute Gasteiger partial charge is 0.308 e. The van der Waals surface area contributed by atoms with Crippen LogP contribution in [0.3, 0.4) is 0 Å².